The number of hydrogen-bond donors (Lipinski definition) is 2. The fourth-order valence-corrected chi connectivity index (χ4v) is 3.23. The highest BCUT2D eigenvalue weighted by Gasteiger charge is 2.39. The molecule has 0 radical (unpaired) electrons. The molecule has 2 rings (SSSR count). The van der Waals surface area contributed by atoms with Crippen LogP contribution in [0.3, 0.4) is 0 Å². The van der Waals surface area contributed by atoms with Gasteiger partial charge in [0.2, 0.25) is 0 Å². The Balaban J connectivity index is 2.05. The SMILES string of the molecule is CCCNC1(CO)CCC(Oc2cc(C)cc(C)c2C)C1. The molecule has 2 unspecified atom stereocenters. The quantitative estimate of drug-likeness (QED) is 0.845. The van der Waals surface area contributed by atoms with Crippen molar-refractivity contribution in [1.29, 1.82) is 0 Å². The summed E-state index contributed by atoms with van der Waals surface area (Å²) in [5, 5.41) is 13.3. The highest BCUT2D eigenvalue weighted by Crippen LogP contribution is 2.34. The van der Waals surface area contributed by atoms with Gasteiger partial charge in [0.05, 0.1) is 6.61 Å². The third kappa shape index (κ3) is 3.78. The van der Waals surface area contributed by atoms with Crippen LogP contribution < -0.4 is 10.1 Å². The average Bonchev–Trinajstić information content (AvgIpc) is 2.86. The molecule has 2 atom stereocenters. The van der Waals surface area contributed by atoms with Crippen LogP contribution in [0.15, 0.2) is 12.1 Å². The number of aliphatic hydroxyl groups excluding tert-OH is 1. The zero-order chi connectivity index (χ0) is 15.5. The van der Waals surface area contributed by atoms with E-state index < -0.39 is 0 Å². The average molecular weight is 291 g/mol. The molecule has 0 saturated heterocycles. The predicted molar refractivity (Wildman–Crippen MR) is 87.0 cm³/mol. The first-order valence-electron chi connectivity index (χ1n) is 8.10. The van der Waals surface area contributed by atoms with Crippen molar-refractivity contribution in [1.82, 2.24) is 5.32 Å². The van der Waals surface area contributed by atoms with Crippen LogP contribution in [0, 0.1) is 20.8 Å². The Labute approximate surface area is 128 Å². The maximum absolute atomic E-state index is 9.75. The third-order valence-corrected chi connectivity index (χ3v) is 4.67. The van der Waals surface area contributed by atoms with Gasteiger partial charge in [0, 0.05) is 12.0 Å². The molecule has 0 amide bonds. The fourth-order valence-electron chi connectivity index (χ4n) is 3.23. The maximum Gasteiger partial charge on any atom is 0.123 e. The Kier molecular flexibility index (Phi) is 5.28. The van der Waals surface area contributed by atoms with Gasteiger partial charge in [-0.15, -0.1) is 0 Å². The van der Waals surface area contributed by atoms with Gasteiger partial charge in [-0.1, -0.05) is 13.0 Å². The Morgan fingerprint density at radius 2 is 2.10 bits per heavy atom. The Bertz CT molecular complexity index is 486. The Hall–Kier alpha value is -1.06. The molecule has 1 aliphatic carbocycles. The second kappa shape index (κ2) is 6.80. The topological polar surface area (TPSA) is 41.5 Å². The molecule has 3 heteroatoms. The molecular weight excluding hydrogens is 262 g/mol. The van der Waals surface area contributed by atoms with Gasteiger partial charge in [-0.3, -0.25) is 0 Å². The molecule has 1 fully saturated rings. The lowest BCUT2D eigenvalue weighted by atomic mass is 9.98. The van der Waals surface area contributed by atoms with Crippen molar-refractivity contribution < 1.29 is 9.84 Å². The van der Waals surface area contributed by atoms with Gasteiger partial charge in [-0.25, -0.2) is 0 Å². The van der Waals surface area contributed by atoms with Gasteiger partial charge >= 0.3 is 0 Å². The molecule has 0 spiro atoms. The maximum atomic E-state index is 9.75. The zero-order valence-corrected chi connectivity index (χ0v) is 13.8. The van der Waals surface area contributed by atoms with Crippen molar-refractivity contribution in [3.8, 4) is 5.75 Å². The van der Waals surface area contributed by atoms with Crippen LogP contribution in [0.1, 0.15) is 49.3 Å². The molecule has 118 valence electrons. The van der Waals surface area contributed by atoms with E-state index >= 15 is 0 Å². The van der Waals surface area contributed by atoms with E-state index in [0.717, 1.165) is 38.0 Å². The number of ether oxygens (including phenoxy) is 1. The fraction of sp³-hybridized carbons (Fsp3) is 0.667. The molecule has 3 nitrogen and oxygen atoms in total. The third-order valence-electron chi connectivity index (χ3n) is 4.67. The molecule has 0 heterocycles. The van der Waals surface area contributed by atoms with Gasteiger partial charge in [-0.2, -0.15) is 0 Å². The molecule has 1 aromatic carbocycles. The molecule has 0 aliphatic heterocycles. The van der Waals surface area contributed by atoms with Crippen LogP contribution in [-0.2, 0) is 0 Å². The summed E-state index contributed by atoms with van der Waals surface area (Å²) in [4.78, 5) is 0. The second-order valence-electron chi connectivity index (χ2n) is 6.55. The minimum absolute atomic E-state index is 0.145. The largest absolute Gasteiger partial charge is 0.490 e. The van der Waals surface area contributed by atoms with Crippen molar-refractivity contribution in [3.05, 3.63) is 28.8 Å². The Morgan fingerprint density at radius 3 is 2.76 bits per heavy atom. The number of rotatable bonds is 6. The standard InChI is InChI=1S/C18H29NO2/c1-5-8-19-18(12-20)7-6-16(11-18)21-17-10-13(2)9-14(3)15(17)4/h9-10,16,19-20H,5-8,11-12H2,1-4H3. The van der Waals surface area contributed by atoms with E-state index in [9.17, 15) is 5.11 Å². The highest BCUT2D eigenvalue weighted by molar-refractivity contribution is 5.42. The first-order valence-corrected chi connectivity index (χ1v) is 8.10. The lowest BCUT2D eigenvalue weighted by molar-refractivity contribution is 0.140. The summed E-state index contributed by atoms with van der Waals surface area (Å²) in [5.74, 6) is 1.00. The van der Waals surface area contributed by atoms with Crippen molar-refractivity contribution >= 4 is 0 Å². The van der Waals surface area contributed by atoms with E-state index in [0.29, 0.717) is 0 Å². The number of aryl methyl sites for hydroxylation is 2. The number of nitrogens with one attached hydrogen (secondary N) is 1. The molecule has 2 N–H and O–H groups in total. The van der Waals surface area contributed by atoms with Crippen LogP contribution >= 0.6 is 0 Å². The van der Waals surface area contributed by atoms with Crippen molar-refractivity contribution in [2.24, 2.45) is 0 Å². The van der Waals surface area contributed by atoms with Gasteiger partial charge < -0.3 is 15.2 Å². The molecule has 1 aromatic rings. The van der Waals surface area contributed by atoms with E-state index in [2.05, 4.69) is 45.1 Å². The minimum atomic E-state index is -0.145. The summed E-state index contributed by atoms with van der Waals surface area (Å²) < 4.78 is 6.25. The van der Waals surface area contributed by atoms with Crippen LogP contribution in [0.25, 0.3) is 0 Å². The first-order chi connectivity index (χ1) is 9.99. The highest BCUT2D eigenvalue weighted by atomic mass is 16.5. The van der Waals surface area contributed by atoms with Gasteiger partial charge in [0.1, 0.15) is 11.9 Å². The van der Waals surface area contributed by atoms with Crippen LogP contribution in [0.4, 0.5) is 0 Å². The molecule has 1 aliphatic rings. The second-order valence-corrected chi connectivity index (χ2v) is 6.55. The Morgan fingerprint density at radius 1 is 1.33 bits per heavy atom. The lowest BCUT2D eigenvalue weighted by Gasteiger charge is -2.28. The van der Waals surface area contributed by atoms with E-state index in [1.165, 1.54) is 16.7 Å². The summed E-state index contributed by atoms with van der Waals surface area (Å²) >= 11 is 0. The molecule has 0 bridgehead atoms. The van der Waals surface area contributed by atoms with Crippen molar-refractivity contribution in [3.63, 3.8) is 0 Å². The molecular formula is C18H29NO2. The van der Waals surface area contributed by atoms with Crippen molar-refractivity contribution in [2.75, 3.05) is 13.2 Å². The van der Waals surface area contributed by atoms with E-state index in [4.69, 9.17) is 4.74 Å². The minimum Gasteiger partial charge on any atom is -0.490 e. The summed E-state index contributed by atoms with van der Waals surface area (Å²) in [7, 11) is 0. The summed E-state index contributed by atoms with van der Waals surface area (Å²) in [6.07, 6.45) is 4.16. The number of hydrogen-bond acceptors (Lipinski definition) is 3. The van der Waals surface area contributed by atoms with Crippen LogP contribution in [0.5, 0.6) is 5.75 Å². The predicted octanol–water partition coefficient (Wildman–Crippen LogP) is 3.27. The smallest absolute Gasteiger partial charge is 0.123 e. The van der Waals surface area contributed by atoms with Gasteiger partial charge in [0.15, 0.2) is 0 Å². The number of benzene rings is 1. The van der Waals surface area contributed by atoms with Crippen molar-refractivity contribution in [2.45, 2.75) is 65.0 Å². The molecule has 0 aromatic heterocycles. The van der Waals surface area contributed by atoms with E-state index in [-0.39, 0.29) is 18.2 Å². The van der Waals surface area contributed by atoms with Gasteiger partial charge in [-0.05, 0) is 69.3 Å². The zero-order valence-electron chi connectivity index (χ0n) is 13.8. The van der Waals surface area contributed by atoms with Crippen LogP contribution in [-0.4, -0.2) is 29.9 Å². The van der Waals surface area contributed by atoms with Crippen LogP contribution in [0.2, 0.25) is 0 Å². The van der Waals surface area contributed by atoms with E-state index in [1.807, 2.05) is 0 Å². The van der Waals surface area contributed by atoms with Gasteiger partial charge in [0.25, 0.3) is 0 Å². The lowest BCUT2D eigenvalue weighted by Crippen LogP contribution is -2.47. The first kappa shape index (κ1) is 16.3. The summed E-state index contributed by atoms with van der Waals surface area (Å²) in [5.41, 5.74) is 3.60. The normalized spacial score (nSPS) is 25.3. The van der Waals surface area contributed by atoms with E-state index in [1.54, 1.807) is 0 Å². The summed E-state index contributed by atoms with van der Waals surface area (Å²) in [6.45, 7) is 9.65. The molecule has 21 heavy (non-hydrogen) atoms. The monoisotopic (exact) mass is 291 g/mol. The molecule has 1 saturated carbocycles. The summed E-state index contributed by atoms with van der Waals surface area (Å²) in [6, 6.07) is 4.32. The number of aliphatic hydroxyl groups is 1.